The number of nitrogens with two attached hydrogens (primary N) is 1. The molecule has 1 atom stereocenters. The smallest absolute Gasteiger partial charge is 0.307 e. The molecule has 22 heavy (non-hydrogen) atoms. The van der Waals surface area contributed by atoms with Crippen LogP contribution in [0.25, 0.3) is 0 Å². The lowest BCUT2D eigenvalue weighted by atomic mass is 10.0. The zero-order chi connectivity index (χ0) is 15.9. The molecule has 116 valence electrons. The van der Waals surface area contributed by atoms with Crippen molar-refractivity contribution in [1.29, 1.82) is 0 Å². The summed E-state index contributed by atoms with van der Waals surface area (Å²) in [6.45, 7) is 4.15. The van der Waals surface area contributed by atoms with E-state index in [9.17, 15) is 4.79 Å². The predicted molar refractivity (Wildman–Crippen MR) is 85.9 cm³/mol. The molecule has 0 aliphatic rings. The summed E-state index contributed by atoms with van der Waals surface area (Å²) < 4.78 is 10.8. The zero-order valence-corrected chi connectivity index (χ0v) is 12.9. The van der Waals surface area contributed by atoms with Crippen molar-refractivity contribution in [2.75, 3.05) is 6.61 Å². The van der Waals surface area contributed by atoms with Gasteiger partial charge in [-0.2, -0.15) is 0 Å². The van der Waals surface area contributed by atoms with E-state index in [0.29, 0.717) is 12.4 Å². The van der Waals surface area contributed by atoms with E-state index in [1.165, 1.54) is 0 Å². The summed E-state index contributed by atoms with van der Waals surface area (Å²) in [5, 5.41) is 0. The lowest BCUT2D eigenvalue weighted by Crippen LogP contribution is -2.17. The molecule has 0 radical (unpaired) electrons. The van der Waals surface area contributed by atoms with Gasteiger partial charge in [0.2, 0.25) is 0 Å². The Morgan fingerprint density at radius 2 is 1.82 bits per heavy atom. The maximum atomic E-state index is 11.5. The Bertz CT molecular complexity index is 640. The van der Waals surface area contributed by atoms with E-state index in [2.05, 4.69) is 0 Å². The number of esters is 1. The number of carbonyl (C=O) groups is 1. The Kier molecular flexibility index (Phi) is 5.55. The molecule has 1 unspecified atom stereocenters. The van der Waals surface area contributed by atoms with Gasteiger partial charge in [-0.25, -0.2) is 0 Å². The van der Waals surface area contributed by atoms with E-state index in [0.717, 1.165) is 16.9 Å². The molecule has 0 amide bonds. The molecule has 2 aromatic carbocycles. The van der Waals surface area contributed by atoms with Crippen molar-refractivity contribution in [3.05, 3.63) is 59.7 Å². The summed E-state index contributed by atoms with van der Waals surface area (Å²) in [5.41, 5.74) is 8.03. The van der Waals surface area contributed by atoms with E-state index >= 15 is 0 Å². The lowest BCUT2D eigenvalue weighted by molar-refractivity contribution is -0.143. The molecule has 0 fully saturated rings. The van der Waals surface area contributed by atoms with Gasteiger partial charge < -0.3 is 15.2 Å². The quantitative estimate of drug-likeness (QED) is 0.825. The molecule has 0 aliphatic carbocycles. The molecule has 4 heteroatoms. The highest BCUT2D eigenvalue weighted by Crippen LogP contribution is 2.25. The zero-order valence-electron chi connectivity index (χ0n) is 12.9. The van der Waals surface area contributed by atoms with Crippen molar-refractivity contribution in [2.24, 2.45) is 5.73 Å². The Balaban J connectivity index is 2.07. The Hall–Kier alpha value is -2.33. The third-order valence-electron chi connectivity index (χ3n) is 3.20. The van der Waals surface area contributed by atoms with E-state index in [1.807, 2.05) is 55.5 Å². The molecule has 0 saturated heterocycles. The first kappa shape index (κ1) is 16.0. The first-order valence-electron chi connectivity index (χ1n) is 7.34. The van der Waals surface area contributed by atoms with Crippen LogP contribution in [0.5, 0.6) is 11.5 Å². The van der Waals surface area contributed by atoms with Gasteiger partial charge >= 0.3 is 5.97 Å². The fourth-order valence-corrected chi connectivity index (χ4v) is 2.14. The van der Waals surface area contributed by atoms with Gasteiger partial charge in [-0.1, -0.05) is 24.3 Å². The van der Waals surface area contributed by atoms with Crippen LogP contribution in [0.1, 0.15) is 30.5 Å². The first-order valence-corrected chi connectivity index (χ1v) is 7.34. The summed E-state index contributed by atoms with van der Waals surface area (Å²) in [5.74, 6) is 1.18. The maximum absolute atomic E-state index is 11.5. The van der Waals surface area contributed by atoms with Crippen molar-refractivity contribution >= 4 is 5.97 Å². The number of aryl methyl sites for hydroxylation is 1. The van der Waals surface area contributed by atoms with Crippen LogP contribution in [0, 0.1) is 6.92 Å². The summed E-state index contributed by atoms with van der Waals surface area (Å²) in [6, 6.07) is 14.9. The maximum Gasteiger partial charge on any atom is 0.307 e. The second kappa shape index (κ2) is 7.61. The van der Waals surface area contributed by atoms with Crippen LogP contribution in [-0.4, -0.2) is 12.6 Å². The van der Waals surface area contributed by atoms with E-state index < -0.39 is 6.04 Å². The molecular formula is C18H21NO3. The van der Waals surface area contributed by atoms with Crippen LogP contribution in [-0.2, 0) is 9.53 Å². The van der Waals surface area contributed by atoms with Crippen LogP contribution in [0.2, 0.25) is 0 Å². The number of hydrogen-bond acceptors (Lipinski definition) is 4. The standard InChI is InChI=1S/C18H21NO3/c1-3-21-18(20)12-17(19)14-7-5-9-16(11-14)22-15-8-4-6-13(2)10-15/h4-11,17H,3,12,19H2,1-2H3. The Morgan fingerprint density at radius 3 is 2.50 bits per heavy atom. The van der Waals surface area contributed by atoms with Crippen molar-refractivity contribution in [3.8, 4) is 11.5 Å². The minimum Gasteiger partial charge on any atom is -0.466 e. The molecule has 2 rings (SSSR count). The SMILES string of the molecule is CCOC(=O)CC(N)c1cccc(Oc2cccc(C)c2)c1. The van der Waals surface area contributed by atoms with Gasteiger partial charge in [0.15, 0.2) is 0 Å². The van der Waals surface area contributed by atoms with Gasteiger partial charge in [-0.05, 0) is 49.2 Å². The molecule has 0 spiro atoms. The Labute approximate surface area is 130 Å². The fourth-order valence-electron chi connectivity index (χ4n) is 2.14. The van der Waals surface area contributed by atoms with Gasteiger partial charge in [0.25, 0.3) is 0 Å². The highest BCUT2D eigenvalue weighted by molar-refractivity contribution is 5.70. The number of rotatable bonds is 6. The van der Waals surface area contributed by atoms with Crippen molar-refractivity contribution < 1.29 is 14.3 Å². The third-order valence-corrected chi connectivity index (χ3v) is 3.20. The monoisotopic (exact) mass is 299 g/mol. The van der Waals surface area contributed by atoms with E-state index in [1.54, 1.807) is 6.92 Å². The molecule has 4 nitrogen and oxygen atoms in total. The lowest BCUT2D eigenvalue weighted by Gasteiger charge is -2.13. The molecule has 0 aromatic heterocycles. The van der Waals surface area contributed by atoms with Gasteiger partial charge in [-0.3, -0.25) is 4.79 Å². The van der Waals surface area contributed by atoms with Crippen LogP contribution in [0.4, 0.5) is 0 Å². The molecular weight excluding hydrogens is 278 g/mol. The highest BCUT2D eigenvalue weighted by atomic mass is 16.5. The predicted octanol–water partition coefficient (Wildman–Crippen LogP) is 3.74. The Morgan fingerprint density at radius 1 is 1.14 bits per heavy atom. The molecule has 2 aromatic rings. The second-order valence-electron chi connectivity index (χ2n) is 5.11. The summed E-state index contributed by atoms with van der Waals surface area (Å²) in [4.78, 5) is 11.5. The number of hydrogen-bond donors (Lipinski definition) is 1. The van der Waals surface area contributed by atoms with Crippen LogP contribution in [0.15, 0.2) is 48.5 Å². The fraction of sp³-hybridized carbons (Fsp3) is 0.278. The highest BCUT2D eigenvalue weighted by Gasteiger charge is 2.13. The largest absolute Gasteiger partial charge is 0.466 e. The summed E-state index contributed by atoms with van der Waals surface area (Å²) in [6.07, 6.45) is 0.155. The summed E-state index contributed by atoms with van der Waals surface area (Å²) in [7, 11) is 0. The molecule has 0 heterocycles. The first-order chi connectivity index (χ1) is 10.6. The van der Waals surface area contributed by atoms with E-state index in [-0.39, 0.29) is 12.4 Å². The number of benzene rings is 2. The van der Waals surface area contributed by atoms with Crippen molar-refractivity contribution in [3.63, 3.8) is 0 Å². The topological polar surface area (TPSA) is 61.5 Å². The average molecular weight is 299 g/mol. The van der Waals surface area contributed by atoms with Crippen molar-refractivity contribution in [2.45, 2.75) is 26.3 Å². The van der Waals surface area contributed by atoms with Gasteiger partial charge in [0.1, 0.15) is 11.5 Å². The van der Waals surface area contributed by atoms with E-state index in [4.69, 9.17) is 15.2 Å². The minimum atomic E-state index is -0.403. The van der Waals surface area contributed by atoms with Crippen molar-refractivity contribution in [1.82, 2.24) is 0 Å². The molecule has 0 saturated carbocycles. The summed E-state index contributed by atoms with van der Waals surface area (Å²) >= 11 is 0. The number of ether oxygens (including phenoxy) is 2. The molecule has 0 bridgehead atoms. The van der Waals surface area contributed by atoms with Gasteiger partial charge in [0, 0.05) is 6.04 Å². The van der Waals surface area contributed by atoms with Gasteiger partial charge in [0.05, 0.1) is 13.0 Å². The average Bonchev–Trinajstić information content (AvgIpc) is 2.47. The third kappa shape index (κ3) is 4.60. The normalized spacial score (nSPS) is 11.8. The van der Waals surface area contributed by atoms with Crippen LogP contribution < -0.4 is 10.5 Å². The molecule has 0 aliphatic heterocycles. The second-order valence-corrected chi connectivity index (χ2v) is 5.11. The van der Waals surface area contributed by atoms with Gasteiger partial charge in [-0.15, -0.1) is 0 Å². The van der Waals surface area contributed by atoms with Crippen LogP contribution >= 0.6 is 0 Å². The molecule has 2 N–H and O–H groups in total. The number of carbonyl (C=O) groups excluding carboxylic acids is 1. The van der Waals surface area contributed by atoms with Crippen LogP contribution in [0.3, 0.4) is 0 Å². The minimum absolute atomic E-state index is 0.155.